The number of rotatable bonds is 6. The van der Waals surface area contributed by atoms with E-state index in [0.717, 1.165) is 4.47 Å². The number of nitrogens with one attached hydrogen (secondary N) is 1. The van der Waals surface area contributed by atoms with Gasteiger partial charge in [0.15, 0.2) is 0 Å². The van der Waals surface area contributed by atoms with Crippen LogP contribution in [0.2, 0.25) is 0 Å². The highest BCUT2D eigenvalue weighted by molar-refractivity contribution is 9.10. The average Bonchev–Trinajstić information content (AvgIpc) is 3.18. The summed E-state index contributed by atoms with van der Waals surface area (Å²) < 4.78 is 9.65. The topological polar surface area (TPSA) is 90.5 Å². The molecule has 9 heteroatoms. The molecule has 0 fully saturated rings. The Morgan fingerprint density at radius 1 is 1.16 bits per heavy atom. The fraction of sp³-hybridized carbons (Fsp3) is 0.182. The Morgan fingerprint density at radius 3 is 2.61 bits per heavy atom. The Labute approximate surface area is 186 Å². The third-order valence-electron chi connectivity index (χ3n) is 4.60. The molecular weight excluding hydrogens is 462 g/mol. The maximum Gasteiger partial charge on any atom is 0.274 e. The Morgan fingerprint density at radius 2 is 1.90 bits per heavy atom. The van der Waals surface area contributed by atoms with Crippen LogP contribution in [0.25, 0.3) is 5.78 Å². The van der Waals surface area contributed by atoms with Crippen molar-refractivity contribution < 1.29 is 9.53 Å². The third kappa shape index (κ3) is 4.51. The fourth-order valence-corrected chi connectivity index (χ4v) is 3.51. The van der Waals surface area contributed by atoms with E-state index in [1.165, 1.54) is 10.6 Å². The number of carbonyl (C=O) groups is 1. The zero-order valence-corrected chi connectivity index (χ0v) is 18.5. The van der Waals surface area contributed by atoms with Gasteiger partial charge in [-0.15, -0.1) is 0 Å². The molecule has 0 saturated carbocycles. The number of halogens is 1. The summed E-state index contributed by atoms with van der Waals surface area (Å²) >= 11 is 3.38. The van der Waals surface area contributed by atoms with E-state index in [0.29, 0.717) is 28.5 Å². The Balaban J connectivity index is 1.42. The Hall–Kier alpha value is -3.46. The Kier molecular flexibility index (Phi) is 5.85. The van der Waals surface area contributed by atoms with E-state index in [1.807, 2.05) is 26.0 Å². The lowest BCUT2D eigenvalue weighted by Crippen LogP contribution is -2.23. The van der Waals surface area contributed by atoms with Crippen LogP contribution in [0.3, 0.4) is 0 Å². The zero-order valence-electron chi connectivity index (χ0n) is 16.9. The number of amides is 1. The molecule has 0 aliphatic rings. The summed E-state index contributed by atoms with van der Waals surface area (Å²) in [5, 5.41) is 2.85. The number of carbonyl (C=O) groups excluding carboxylic acids is 1. The van der Waals surface area contributed by atoms with Gasteiger partial charge < -0.3 is 10.1 Å². The second kappa shape index (κ2) is 8.73. The van der Waals surface area contributed by atoms with Crippen LogP contribution in [0.15, 0.2) is 70.2 Å². The molecule has 0 bridgehead atoms. The van der Waals surface area contributed by atoms with E-state index < -0.39 is 0 Å². The summed E-state index contributed by atoms with van der Waals surface area (Å²) in [5.41, 5.74) is 1.48. The minimum absolute atomic E-state index is 0.0913. The molecule has 2 heterocycles. The highest BCUT2D eigenvalue weighted by Gasteiger charge is 2.11. The van der Waals surface area contributed by atoms with Crippen molar-refractivity contribution in [2.24, 2.45) is 0 Å². The highest BCUT2D eigenvalue weighted by Crippen LogP contribution is 2.20. The van der Waals surface area contributed by atoms with Gasteiger partial charge in [0.1, 0.15) is 18.7 Å². The van der Waals surface area contributed by atoms with Crippen LogP contribution in [-0.2, 0) is 6.61 Å². The van der Waals surface area contributed by atoms with Gasteiger partial charge in [0.25, 0.3) is 17.2 Å². The standard InChI is InChI=1S/C22H20BrN5O3/c1-14(2)27-13-24-22-26-16(11-20(29)28(22)27)12-31-17-9-7-15(8-10-17)25-21(30)18-5-3-4-6-19(18)23/h3-11,13-14H,12H2,1-2H3,(H,25,30). The van der Waals surface area contributed by atoms with E-state index >= 15 is 0 Å². The van der Waals surface area contributed by atoms with Crippen molar-refractivity contribution >= 4 is 33.3 Å². The zero-order chi connectivity index (χ0) is 22.0. The molecule has 1 amide bonds. The average molecular weight is 482 g/mol. The van der Waals surface area contributed by atoms with Gasteiger partial charge in [-0.1, -0.05) is 12.1 Å². The van der Waals surface area contributed by atoms with Crippen LogP contribution < -0.4 is 15.6 Å². The molecule has 0 aliphatic carbocycles. The Bertz CT molecular complexity index is 1290. The van der Waals surface area contributed by atoms with E-state index in [1.54, 1.807) is 47.4 Å². The summed E-state index contributed by atoms with van der Waals surface area (Å²) in [5.74, 6) is 0.721. The summed E-state index contributed by atoms with van der Waals surface area (Å²) in [6.07, 6.45) is 1.60. The van der Waals surface area contributed by atoms with Crippen LogP contribution >= 0.6 is 15.9 Å². The van der Waals surface area contributed by atoms with Crippen LogP contribution in [0.4, 0.5) is 5.69 Å². The molecule has 0 unspecified atom stereocenters. The third-order valence-corrected chi connectivity index (χ3v) is 5.29. The number of hydrogen-bond acceptors (Lipinski definition) is 5. The van der Waals surface area contributed by atoms with Crippen molar-refractivity contribution in [3.05, 3.63) is 87.0 Å². The van der Waals surface area contributed by atoms with Crippen LogP contribution in [-0.4, -0.2) is 25.1 Å². The summed E-state index contributed by atoms with van der Waals surface area (Å²) in [6.45, 7) is 4.06. The number of fused-ring (bicyclic) bond motifs is 1. The molecule has 0 aliphatic heterocycles. The van der Waals surface area contributed by atoms with Crippen molar-refractivity contribution in [2.45, 2.75) is 26.5 Å². The number of benzene rings is 2. The van der Waals surface area contributed by atoms with Crippen LogP contribution in [0, 0.1) is 0 Å². The molecule has 31 heavy (non-hydrogen) atoms. The number of nitrogens with zero attached hydrogens (tertiary/aromatic N) is 4. The molecule has 0 spiro atoms. The molecule has 8 nitrogen and oxygen atoms in total. The molecule has 4 aromatic rings. The fourth-order valence-electron chi connectivity index (χ4n) is 3.05. The van der Waals surface area contributed by atoms with Gasteiger partial charge in [0, 0.05) is 22.3 Å². The van der Waals surface area contributed by atoms with Gasteiger partial charge in [0.05, 0.1) is 11.3 Å². The quantitative estimate of drug-likeness (QED) is 0.448. The molecule has 2 aromatic carbocycles. The van der Waals surface area contributed by atoms with Gasteiger partial charge in [-0.3, -0.25) is 14.3 Å². The number of ether oxygens (including phenoxy) is 1. The van der Waals surface area contributed by atoms with E-state index in [9.17, 15) is 9.59 Å². The normalized spacial score (nSPS) is 11.1. The summed E-state index contributed by atoms with van der Waals surface area (Å²) in [6, 6.07) is 15.7. The molecule has 0 atom stereocenters. The van der Waals surface area contributed by atoms with Crippen molar-refractivity contribution in [1.29, 1.82) is 0 Å². The summed E-state index contributed by atoms with van der Waals surface area (Å²) in [7, 11) is 0. The maximum atomic E-state index is 12.4. The van der Waals surface area contributed by atoms with Crippen molar-refractivity contribution in [1.82, 2.24) is 19.2 Å². The monoisotopic (exact) mass is 481 g/mol. The lowest BCUT2D eigenvalue weighted by Gasteiger charge is -2.10. The second-order valence-corrected chi connectivity index (χ2v) is 8.02. The van der Waals surface area contributed by atoms with Crippen molar-refractivity contribution in [2.75, 3.05) is 5.32 Å². The highest BCUT2D eigenvalue weighted by atomic mass is 79.9. The van der Waals surface area contributed by atoms with Crippen LogP contribution in [0.5, 0.6) is 5.75 Å². The predicted octanol–water partition coefficient (Wildman–Crippen LogP) is 4.07. The number of hydrogen-bond donors (Lipinski definition) is 1. The van der Waals surface area contributed by atoms with Gasteiger partial charge in [-0.2, -0.15) is 9.50 Å². The van der Waals surface area contributed by atoms with E-state index in [-0.39, 0.29) is 24.1 Å². The minimum Gasteiger partial charge on any atom is -0.487 e. The van der Waals surface area contributed by atoms with Crippen molar-refractivity contribution in [3.63, 3.8) is 0 Å². The van der Waals surface area contributed by atoms with Gasteiger partial charge in [-0.25, -0.2) is 4.98 Å². The molecule has 1 N–H and O–H groups in total. The second-order valence-electron chi connectivity index (χ2n) is 7.16. The molecule has 158 valence electrons. The largest absolute Gasteiger partial charge is 0.487 e. The van der Waals surface area contributed by atoms with Gasteiger partial charge in [0.2, 0.25) is 0 Å². The first-order valence-electron chi connectivity index (χ1n) is 9.67. The predicted molar refractivity (Wildman–Crippen MR) is 121 cm³/mol. The van der Waals surface area contributed by atoms with Crippen molar-refractivity contribution in [3.8, 4) is 5.75 Å². The first-order chi connectivity index (χ1) is 14.9. The lowest BCUT2D eigenvalue weighted by atomic mass is 10.2. The van der Waals surface area contributed by atoms with Crippen LogP contribution in [0.1, 0.15) is 35.9 Å². The first kappa shape index (κ1) is 20.8. The smallest absolute Gasteiger partial charge is 0.274 e. The number of anilines is 1. The molecule has 0 saturated heterocycles. The van der Waals surface area contributed by atoms with Gasteiger partial charge in [-0.05, 0) is 66.2 Å². The SMILES string of the molecule is CC(C)n1cnc2nc(COc3ccc(NC(=O)c4ccccc4Br)cc3)cc(=O)n21. The van der Waals surface area contributed by atoms with E-state index in [4.69, 9.17) is 4.74 Å². The molecule has 4 rings (SSSR count). The molecular formula is C22H20BrN5O3. The summed E-state index contributed by atoms with van der Waals surface area (Å²) in [4.78, 5) is 33.4. The lowest BCUT2D eigenvalue weighted by molar-refractivity contribution is 0.102. The minimum atomic E-state index is -0.208. The van der Waals surface area contributed by atoms with E-state index in [2.05, 4.69) is 31.2 Å². The number of aromatic nitrogens is 4. The van der Waals surface area contributed by atoms with Gasteiger partial charge >= 0.3 is 0 Å². The molecule has 0 radical (unpaired) electrons. The molecule has 2 aromatic heterocycles. The maximum absolute atomic E-state index is 12.4. The first-order valence-corrected chi connectivity index (χ1v) is 10.5.